The maximum atomic E-state index is 11.5. The largest absolute Gasteiger partial charge is 0.396 e. The van der Waals surface area contributed by atoms with Crippen LogP contribution < -0.4 is 10.6 Å². The molecule has 0 saturated carbocycles. The monoisotopic (exact) mass is 264 g/mol. The van der Waals surface area contributed by atoms with Crippen molar-refractivity contribution in [2.75, 3.05) is 19.7 Å². The Kier molecular flexibility index (Phi) is 7.66. The molecule has 0 heterocycles. The molecular weight excluding hydrogens is 240 g/mol. The molecule has 0 aliphatic rings. The summed E-state index contributed by atoms with van der Waals surface area (Å²) < 4.78 is 0. The van der Waals surface area contributed by atoms with E-state index in [0.717, 1.165) is 25.7 Å². The molecule has 4 nitrogen and oxygen atoms in total. The van der Waals surface area contributed by atoms with Crippen LogP contribution in [0.5, 0.6) is 0 Å². The van der Waals surface area contributed by atoms with Crippen LogP contribution in [0.4, 0.5) is 4.79 Å². The number of urea groups is 1. The lowest BCUT2D eigenvalue weighted by Gasteiger charge is -2.07. The molecule has 0 saturated heterocycles. The summed E-state index contributed by atoms with van der Waals surface area (Å²) in [5, 5.41) is 14.3. The van der Waals surface area contributed by atoms with E-state index in [1.807, 2.05) is 6.07 Å². The molecule has 0 unspecified atom stereocenters. The van der Waals surface area contributed by atoms with Crippen LogP contribution in [-0.2, 0) is 6.42 Å². The van der Waals surface area contributed by atoms with Gasteiger partial charge in [-0.15, -0.1) is 0 Å². The van der Waals surface area contributed by atoms with Crippen LogP contribution in [0.15, 0.2) is 24.3 Å². The number of hydrogen-bond acceptors (Lipinski definition) is 2. The van der Waals surface area contributed by atoms with Gasteiger partial charge in [0.15, 0.2) is 0 Å². The molecule has 19 heavy (non-hydrogen) atoms. The standard InChI is InChI=1S/C15H24N2O2/c1-13-6-5-7-14(12-13)8-10-17-15(19)16-9-3-2-4-11-18/h5-7,12,18H,2-4,8-11H2,1H3,(H2,16,17,19). The minimum absolute atomic E-state index is 0.114. The number of aliphatic hydroxyl groups excluding tert-OH is 1. The first-order chi connectivity index (χ1) is 9.22. The van der Waals surface area contributed by atoms with E-state index in [1.165, 1.54) is 11.1 Å². The molecule has 1 rings (SSSR count). The Morgan fingerprint density at radius 3 is 2.68 bits per heavy atom. The lowest BCUT2D eigenvalue weighted by Crippen LogP contribution is -2.37. The molecule has 0 bridgehead atoms. The molecule has 0 radical (unpaired) electrons. The molecule has 0 aliphatic carbocycles. The zero-order chi connectivity index (χ0) is 13.9. The van der Waals surface area contributed by atoms with Crippen molar-refractivity contribution in [1.29, 1.82) is 0 Å². The van der Waals surface area contributed by atoms with Crippen molar-refractivity contribution < 1.29 is 9.90 Å². The minimum Gasteiger partial charge on any atom is -0.396 e. The highest BCUT2D eigenvalue weighted by Crippen LogP contribution is 2.03. The van der Waals surface area contributed by atoms with Gasteiger partial charge < -0.3 is 15.7 Å². The second-order valence-corrected chi connectivity index (χ2v) is 4.71. The van der Waals surface area contributed by atoms with Crippen molar-refractivity contribution in [3.05, 3.63) is 35.4 Å². The van der Waals surface area contributed by atoms with E-state index < -0.39 is 0 Å². The molecule has 1 aromatic rings. The number of unbranched alkanes of at least 4 members (excludes halogenated alkanes) is 2. The van der Waals surface area contributed by atoms with E-state index in [4.69, 9.17) is 5.11 Å². The lowest BCUT2D eigenvalue weighted by atomic mass is 10.1. The molecule has 0 atom stereocenters. The average Bonchev–Trinajstić information content (AvgIpc) is 2.38. The van der Waals surface area contributed by atoms with Crippen molar-refractivity contribution in [2.45, 2.75) is 32.6 Å². The van der Waals surface area contributed by atoms with E-state index in [2.05, 4.69) is 35.8 Å². The first-order valence-corrected chi connectivity index (χ1v) is 6.90. The maximum absolute atomic E-state index is 11.5. The predicted octanol–water partition coefficient (Wildman–Crippen LogP) is 2.00. The number of rotatable bonds is 8. The number of aryl methyl sites for hydroxylation is 1. The first-order valence-electron chi connectivity index (χ1n) is 6.90. The van der Waals surface area contributed by atoms with Crippen LogP contribution >= 0.6 is 0 Å². The van der Waals surface area contributed by atoms with Crippen LogP contribution in [0.3, 0.4) is 0 Å². The summed E-state index contributed by atoms with van der Waals surface area (Å²) in [7, 11) is 0. The Labute approximate surface area is 115 Å². The predicted molar refractivity (Wildman–Crippen MR) is 77.2 cm³/mol. The third kappa shape index (κ3) is 7.47. The normalized spacial score (nSPS) is 10.2. The van der Waals surface area contributed by atoms with Gasteiger partial charge in [0, 0.05) is 19.7 Å². The minimum atomic E-state index is -0.114. The third-order valence-electron chi connectivity index (χ3n) is 2.90. The number of nitrogens with one attached hydrogen (secondary N) is 2. The summed E-state index contributed by atoms with van der Waals surface area (Å²) in [6, 6.07) is 8.19. The fourth-order valence-electron chi connectivity index (χ4n) is 1.87. The molecule has 0 spiro atoms. The number of amides is 2. The Balaban J connectivity index is 2.07. The third-order valence-corrected chi connectivity index (χ3v) is 2.90. The number of hydrogen-bond donors (Lipinski definition) is 3. The van der Waals surface area contributed by atoms with E-state index in [1.54, 1.807) is 0 Å². The molecule has 3 N–H and O–H groups in total. The number of carbonyl (C=O) groups is 1. The van der Waals surface area contributed by atoms with Gasteiger partial charge in [0.2, 0.25) is 0 Å². The number of carbonyl (C=O) groups excluding carboxylic acids is 1. The van der Waals surface area contributed by atoms with Crippen LogP contribution in [0.25, 0.3) is 0 Å². The molecule has 0 aromatic heterocycles. The van der Waals surface area contributed by atoms with Gasteiger partial charge >= 0.3 is 6.03 Å². The highest BCUT2D eigenvalue weighted by atomic mass is 16.2. The van der Waals surface area contributed by atoms with Crippen LogP contribution in [0.2, 0.25) is 0 Å². The van der Waals surface area contributed by atoms with Gasteiger partial charge in [0.05, 0.1) is 0 Å². The molecule has 0 fully saturated rings. The Morgan fingerprint density at radius 2 is 1.95 bits per heavy atom. The fourth-order valence-corrected chi connectivity index (χ4v) is 1.87. The number of aliphatic hydroxyl groups is 1. The Bertz CT molecular complexity index is 380. The second-order valence-electron chi connectivity index (χ2n) is 4.71. The van der Waals surface area contributed by atoms with Crippen molar-refractivity contribution in [3.63, 3.8) is 0 Å². The van der Waals surface area contributed by atoms with E-state index in [0.29, 0.717) is 13.1 Å². The molecular formula is C15H24N2O2. The van der Waals surface area contributed by atoms with Gasteiger partial charge in [-0.2, -0.15) is 0 Å². The Hall–Kier alpha value is -1.55. The molecule has 1 aromatic carbocycles. The lowest BCUT2D eigenvalue weighted by molar-refractivity contribution is 0.240. The second kappa shape index (κ2) is 9.39. The topological polar surface area (TPSA) is 61.4 Å². The SMILES string of the molecule is Cc1cccc(CCNC(=O)NCCCCCO)c1. The summed E-state index contributed by atoms with van der Waals surface area (Å²) in [5.74, 6) is 0. The van der Waals surface area contributed by atoms with Gasteiger partial charge in [-0.1, -0.05) is 29.8 Å². The summed E-state index contributed by atoms with van der Waals surface area (Å²) in [5.41, 5.74) is 2.48. The first kappa shape index (κ1) is 15.5. The van der Waals surface area contributed by atoms with Crippen molar-refractivity contribution in [3.8, 4) is 0 Å². The summed E-state index contributed by atoms with van der Waals surface area (Å²) in [6.45, 7) is 3.60. The van der Waals surface area contributed by atoms with Gasteiger partial charge in [0.25, 0.3) is 0 Å². The van der Waals surface area contributed by atoms with E-state index in [9.17, 15) is 4.79 Å². The van der Waals surface area contributed by atoms with Gasteiger partial charge in [-0.25, -0.2) is 4.79 Å². The van der Waals surface area contributed by atoms with Crippen molar-refractivity contribution in [1.82, 2.24) is 10.6 Å². The zero-order valence-corrected chi connectivity index (χ0v) is 11.6. The zero-order valence-electron chi connectivity index (χ0n) is 11.6. The molecule has 2 amide bonds. The number of benzene rings is 1. The molecule has 106 valence electrons. The maximum Gasteiger partial charge on any atom is 0.314 e. The van der Waals surface area contributed by atoms with Crippen LogP contribution in [-0.4, -0.2) is 30.8 Å². The quantitative estimate of drug-likeness (QED) is 0.629. The Morgan fingerprint density at radius 1 is 1.16 bits per heavy atom. The highest BCUT2D eigenvalue weighted by Gasteiger charge is 1.99. The molecule has 4 heteroatoms. The van der Waals surface area contributed by atoms with Crippen molar-refractivity contribution in [2.24, 2.45) is 0 Å². The van der Waals surface area contributed by atoms with E-state index >= 15 is 0 Å². The smallest absolute Gasteiger partial charge is 0.314 e. The van der Waals surface area contributed by atoms with Crippen LogP contribution in [0.1, 0.15) is 30.4 Å². The summed E-state index contributed by atoms with van der Waals surface area (Å²) >= 11 is 0. The van der Waals surface area contributed by atoms with Gasteiger partial charge in [-0.3, -0.25) is 0 Å². The van der Waals surface area contributed by atoms with Crippen LogP contribution in [0, 0.1) is 6.92 Å². The van der Waals surface area contributed by atoms with Gasteiger partial charge in [0.1, 0.15) is 0 Å². The highest BCUT2D eigenvalue weighted by molar-refractivity contribution is 5.73. The summed E-state index contributed by atoms with van der Waals surface area (Å²) in [6.07, 6.45) is 3.50. The summed E-state index contributed by atoms with van der Waals surface area (Å²) in [4.78, 5) is 11.5. The molecule has 0 aliphatic heterocycles. The van der Waals surface area contributed by atoms with Gasteiger partial charge in [-0.05, 0) is 38.2 Å². The van der Waals surface area contributed by atoms with E-state index in [-0.39, 0.29) is 12.6 Å². The average molecular weight is 264 g/mol. The van der Waals surface area contributed by atoms with Crippen molar-refractivity contribution >= 4 is 6.03 Å². The fraction of sp³-hybridized carbons (Fsp3) is 0.533.